The normalized spacial score (nSPS) is 10.5. The molecule has 100 valence electrons. The molecule has 0 aliphatic carbocycles. The summed E-state index contributed by atoms with van der Waals surface area (Å²) in [4.78, 5) is 17.2. The predicted octanol–water partition coefficient (Wildman–Crippen LogP) is 3.47. The number of carbonyl (C=O) groups excluding carboxylic acids is 1. The number of carbonyl (C=O) groups is 1. The Morgan fingerprint density at radius 1 is 1.26 bits per heavy atom. The summed E-state index contributed by atoms with van der Waals surface area (Å²) in [5.41, 5.74) is 5.73. The fraction of sp³-hybridized carbons (Fsp3) is 0.333. The molecule has 0 aliphatic rings. The molecule has 2 rings (SSSR count). The van der Waals surface area contributed by atoms with E-state index < -0.39 is 0 Å². The summed E-state index contributed by atoms with van der Waals surface area (Å²) >= 11 is 1.60. The SMILES string of the molecule is Cc1ccc(C(=O)OCCc2scnc2C)cc1C. The number of thiazole rings is 1. The van der Waals surface area contributed by atoms with Gasteiger partial charge in [0.1, 0.15) is 0 Å². The lowest BCUT2D eigenvalue weighted by Crippen LogP contribution is -2.08. The Morgan fingerprint density at radius 2 is 2.05 bits per heavy atom. The van der Waals surface area contributed by atoms with Gasteiger partial charge in [-0.25, -0.2) is 9.78 Å². The number of hydrogen-bond donors (Lipinski definition) is 0. The largest absolute Gasteiger partial charge is 0.462 e. The molecular weight excluding hydrogens is 258 g/mol. The van der Waals surface area contributed by atoms with Crippen LogP contribution in [0.3, 0.4) is 0 Å². The van der Waals surface area contributed by atoms with Gasteiger partial charge in [-0.1, -0.05) is 6.07 Å². The van der Waals surface area contributed by atoms with Crippen molar-refractivity contribution in [1.82, 2.24) is 4.98 Å². The lowest BCUT2D eigenvalue weighted by atomic mass is 10.1. The second-order valence-electron chi connectivity index (χ2n) is 4.55. The van der Waals surface area contributed by atoms with Gasteiger partial charge in [0.15, 0.2) is 0 Å². The molecule has 1 aromatic carbocycles. The highest BCUT2D eigenvalue weighted by atomic mass is 32.1. The Hall–Kier alpha value is -1.68. The summed E-state index contributed by atoms with van der Waals surface area (Å²) in [7, 11) is 0. The smallest absolute Gasteiger partial charge is 0.338 e. The van der Waals surface area contributed by atoms with E-state index in [1.807, 2.05) is 44.5 Å². The Labute approximate surface area is 117 Å². The zero-order chi connectivity index (χ0) is 13.8. The minimum absolute atomic E-state index is 0.259. The molecule has 0 bridgehead atoms. The molecule has 3 nitrogen and oxygen atoms in total. The quantitative estimate of drug-likeness (QED) is 0.802. The van der Waals surface area contributed by atoms with E-state index in [9.17, 15) is 4.79 Å². The number of ether oxygens (including phenoxy) is 1. The van der Waals surface area contributed by atoms with Gasteiger partial charge in [0.25, 0.3) is 0 Å². The minimum atomic E-state index is -0.259. The third-order valence-electron chi connectivity index (χ3n) is 3.15. The van der Waals surface area contributed by atoms with Crippen LogP contribution in [0, 0.1) is 20.8 Å². The molecule has 19 heavy (non-hydrogen) atoms. The van der Waals surface area contributed by atoms with Crippen LogP contribution in [0.2, 0.25) is 0 Å². The van der Waals surface area contributed by atoms with Gasteiger partial charge >= 0.3 is 5.97 Å². The predicted molar refractivity (Wildman–Crippen MR) is 76.8 cm³/mol. The zero-order valence-corrected chi connectivity index (χ0v) is 12.2. The van der Waals surface area contributed by atoms with Gasteiger partial charge in [0.05, 0.1) is 23.4 Å². The fourth-order valence-electron chi connectivity index (χ4n) is 1.75. The molecule has 4 heteroatoms. The van der Waals surface area contributed by atoms with E-state index in [-0.39, 0.29) is 5.97 Å². The van der Waals surface area contributed by atoms with Crippen LogP contribution in [0.4, 0.5) is 0 Å². The molecule has 0 amide bonds. The first kappa shape index (κ1) is 13.7. The van der Waals surface area contributed by atoms with Crippen LogP contribution in [0.25, 0.3) is 0 Å². The molecular formula is C15H17NO2S. The first-order valence-corrected chi connectivity index (χ1v) is 7.09. The van der Waals surface area contributed by atoms with Gasteiger partial charge in [0.2, 0.25) is 0 Å². The zero-order valence-electron chi connectivity index (χ0n) is 11.4. The molecule has 0 N–H and O–H groups in total. The van der Waals surface area contributed by atoms with Crippen molar-refractivity contribution in [2.45, 2.75) is 27.2 Å². The van der Waals surface area contributed by atoms with Gasteiger partial charge in [0, 0.05) is 11.3 Å². The van der Waals surface area contributed by atoms with Crippen LogP contribution in [0.1, 0.15) is 32.1 Å². The topological polar surface area (TPSA) is 39.2 Å². The van der Waals surface area contributed by atoms with E-state index >= 15 is 0 Å². The Morgan fingerprint density at radius 3 is 2.68 bits per heavy atom. The van der Waals surface area contributed by atoms with Crippen molar-refractivity contribution in [2.75, 3.05) is 6.61 Å². The summed E-state index contributed by atoms with van der Waals surface area (Å²) in [6.45, 7) is 6.38. The second kappa shape index (κ2) is 5.97. The van der Waals surface area contributed by atoms with Gasteiger partial charge in [-0.3, -0.25) is 0 Å². The maximum Gasteiger partial charge on any atom is 0.338 e. The Balaban J connectivity index is 1.91. The van der Waals surface area contributed by atoms with Crippen molar-refractivity contribution in [1.29, 1.82) is 0 Å². The van der Waals surface area contributed by atoms with Crippen LogP contribution in [-0.4, -0.2) is 17.6 Å². The Bertz CT molecular complexity index is 590. The highest BCUT2D eigenvalue weighted by Crippen LogP contribution is 2.14. The van der Waals surface area contributed by atoms with Crippen molar-refractivity contribution in [3.63, 3.8) is 0 Å². The number of esters is 1. The third-order valence-corrected chi connectivity index (χ3v) is 4.14. The average molecular weight is 275 g/mol. The second-order valence-corrected chi connectivity index (χ2v) is 5.49. The molecule has 1 heterocycles. The van der Waals surface area contributed by atoms with E-state index in [0.29, 0.717) is 12.2 Å². The van der Waals surface area contributed by atoms with Crippen LogP contribution in [-0.2, 0) is 11.2 Å². The molecule has 0 radical (unpaired) electrons. The molecule has 1 aromatic heterocycles. The molecule has 0 fully saturated rings. The summed E-state index contributed by atoms with van der Waals surface area (Å²) in [5.74, 6) is -0.259. The lowest BCUT2D eigenvalue weighted by Gasteiger charge is -2.06. The van der Waals surface area contributed by atoms with Crippen LogP contribution >= 0.6 is 11.3 Å². The maximum absolute atomic E-state index is 11.9. The fourth-order valence-corrected chi connectivity index (χ4v) is 2.52. The van der Waals surface area contributed by atoms with Crippen molar-refractivity contribution in [2.24, 2.45) is 0 Å². The monoisotopic (exact) mass is 275 g/mol. The molecule has 2 aromatic rings. The van der Waals surface area contributed by atoms with Crippen LogP contribution in [0.15, 0.2) is 23.7 Å². The van der Waals surface area contributed by atoms with Crippen LogP contribution < -0.4 is 0 Å². The molecule has 0 unspecified atom stereocenters. The van der Waals surface area contributed by atoms with Gasteiger partial charge in [-0.2, -0.15) is 0 Å². The number of hydrogen-bond acceptors (Lipinski definition) is 4. The van der Waals surface area contributed by atoms with E-state index in [0.717, 1.165) is 17.7 Å². The maximum atomic E-state index is 11.9. The summed E-state index contributed by atoms with van der Waals surface area (Å²) in [5, 5.41) is 0. The van der Waals surface area contributed by atoms with E-state index in [1.165, 1.54) is 10.4 Å². The average Bonchev–Trinajstić information content (AvgIpc) is 2.78. The number of aryl methyl sites for hydroxylation is 3. The van der Waals surface area contributed by atoms with E-state index in [4.69, 9.17) is 4.74 Å². The van der Waals surface area contributed by atoms with E-state index in [1.54, 1.807) is 11.3 Å². The van der Waals surface area contributed by atoms with Crippen LogP contribution in [0.5, 0.6) is 0 Å². The van der Waals surface area contributed by atoms with Gasteiger partial charge < -0.3 is 4.74 Å². The minimum Gasteiger partial charge on any atom is -0.462 e. The highest BCUT2D eigenvalue weighted by Gasteiger charge is 2.09. The summed E-state index contributed by atoms with van der Waals surface area (Å²) in [6.07, 6.45) is 0.729. The van der Waals surface area contributed by atoms with Crippen molar-refractivity contribution >= 4 is 17.3 Å². The van der Waals surface area contributed by atoms with E-state index in [2.05, 4.69) is 4.98 Å². The van der Waals surface area contributed by atoms with Crippen molar-refractivity contribution in [3.8, 4) is 0 Å². The molecule has 0 spiro atoms. The van der Waals surface area contributed by atoms with Crippen molar-refractivity contribution < 1.29 is 9.53 Å². The lowest BCUT2D eigenvalue weighted by molar-refractivity contribution is 0.0509. The number of benzene rings is 1. The molecule has 0 saturated carbocycles. The molecule has 0 saturated heterocycles. The standard InChI is InChI=1S/C15H17NO2S/c1-10-4-5-13(8-11(10)2)15(17)18-7-6-14-12(3)16-9-19-14/h4-5,8-9H,6-7H2,1-3H3. The van der Waals surface area contributed by atoms with Crippen molar-refractivity contribution in [3.05, 3.63) is 51.0 Å². The summed E-state index contributed by atoms with van der Waals surface area (Å²) in [6, 6.07) is 5.62. The number of nitrogens with zero attached hydrogens (tertiary/aromatic N) is 1. The first-order valence-electron chi connectivity index (χ1n) is 6.21. The number of aromatic nitrogens is 1. The molecule has 0 aliphatic heterocycles. The van der Waals surface area contributed by atoms with Gasteiger partial charge in [-0.15, -0.1) is 11.3 Å². The molecule has 0 atom stereocenters. The van der Waals surface area contributed by atoms with Gasteiger partial charge in [-0.05, 0) is 44.0 Å². The Kier molecular flexibility index (Phi) is 4.32. The summed E-state index contributed by atoms with van der Waals surface area (Å²) < 4.78 is 5.29. The highest BCUT2D eigenvalue weighted by molar-refractivity contribution is 7.09. The third kappa shape index (κ3) is 3.41. The number of rotatable bonds is 4. The first-order chi connectivity index (χ1) is 9.08.